The van der Waals surface area contributed by atoms with E-state index in [1.165, 1.54) is 0 Å². The second-order valence-corrected chi connectivity index (χ2v) is 8.49. The fraction of sp³-hybridized carbons (Fsp3) is 0.440. The van der Waals surface area contributed by atoms with E-state index in [0.29, 0.717) is 12.1 Å². The Morgan fingerprint density at radius 1 is 1.26 bits per heavy atom. The molecule has 1 saturated heterocycles. The molecule has 0 saturated carbocycles. The summed E-state index contributed by atoms with van der Waals surface area (Å²) < 4.78 is 1.81. The Balaban J connectivity index is 1.72. The molecule has 6 nitrogen and oxygen atoms in total. The van der Waals surface area contributed by atoms with Gasteiger partial charge in [0, 0.05) is 36.4 Å². The van der Waals surface area contributed by atoms with Crippen LogP contribution in [0.2, 0.25) is 0 Å². The van der Waals surface area contributed by atoms with Crippen LogP contribution < -0.4 is 10.9 Å². The summed E-state index contributed by atoms with van der Waals surface area (Å²) in [6.45, 7) is 7.11. The molecule has 2 bridgehead atoms. The first-order valence-electron chi connectivity index (χ1n) is 11.1. The summed E-state index contributed by atoms with van der Waals surface area (Å²) in [5, 5.41) is 13.4. The highest BCUT2D eigenvalue weighted by atomic mass is 16.3. The van der Waals surface area contributed by atoms with E-state index < -0.39 is 5.92 Å². The maximum Gasteiger partial charge on any atom is 0.258 e. The Bertz CT molecular complexity index is 1030. The molecule has 1 aromatic heterocycles. The molecule has 6 heteroatoms. The Morgan fingerprint density at radius 2 is 2.00 bits per heavy atom. The zero-order valence-corrected chi connectivity index (χ0v) is 18.4. The van der Waals surface area contributed by atoms with E-state index in [0.717, 1.165) is 17.8 Å². The molecular weight excluding hydrogens is 390 g/mol. The van der Waals surface area contributed by atoms with E-state index in [9.17, 15) is 14.7 Å². The number of nitrogens with zero attached hydrogens (tertiary/aromatic N) is 2. The van der Waals surface area contributed by atoms with Crippen LogP contribution in [0.25, 0.3) is 6.08 Å². The Hall–Kier alpha value is -2.70. The third-order valence-corrected chi connectivity index (χ3v) is 6.87. The Labute approximate surface area is 183 Å². The third-order valence-electron chi connectivity index (χ3n) is 6.87. The van der Waals surface area contributed by atoms with Crippen LogP contribution in [0.5, 0.6) is 0 Å². The first-order chi connectivity index (χ1) is 15.0. The van der Waals surface area contributed by atoms with Gasteiger partial charge in [-0.2, -0.15) is 0 Å². The summed E-state index contributed by atoms with van der Waals surface area (Å²) in [5.41, 5.74) is 2.52. The molecule has 0 unspecified atom stereocenters. The molecule has 1 fully saturated rings. The molecule has 0 radical (unpaired) electrons. The van der Waals surface area contributed by atoms with Gasteiger partial charge in [-0.1, -0.05) is 49.4 Å². The molecule has 4 rings (SSSR count). The van der Waals surface area contributed by atoms with Crippen molar-refractivity contribution in [3.05, 3.63) is 75.7 Å². The smallest absolute Gasteiger partial charge is 0.258 e. The molecule has 3 heterocycles. The van der Waals surface area contributed by atoms with Gasteiger partial charge in [0.05, 0.1) is 18.0 Å². The van der Waals surface area contributed by atoms with Gasteiger partial charge in [0.1, 0.15) is 0 Å². The van der Waals surface area contributed by atoms with Crippen LogP contribution in [0.15, 0.2) is 53.3 Å². The van der Waals surface area contributed by atoms with Crippen LogP contribution in [0.3, 0.4) is 0 Å². The maximum absolute atomic E-state index is 13.5. The van der Waals surface area contributed by atoms with Crippen molar-refractivity contribution in [1.82, 2.24) is 14.8 Å². The number of hydrogen-bond acceptors (Lipinski definition) is 4. The second kappa shape index (κ2) is 8.81. The molecule has 1 aromatic carbocycles. The van der Waals surface area contributed by atoms with E-state index in [2.05, 4.69) is 17.1 Å². The summed E-state index contributed by atoms with van der Waals surface area (Å²) in [5.74, 6) is -0.709. The van der Waals surface area contributed by atoms with Gasteiger partial charge in [-0.05, 0) is 38.1 Å². The minimum absolute atomic E-state index is 0.0308. The van der Waals surface area contributed by atoms with Crippen molar-refractivity contribution in [2.75, 3.05) is 13.2 Å². The average Bonchev–Trinajstić information content (AvgIpc) is 3.02. The van der Waals surface area contributed by atoms with Crippen molar-refractivity contribution < 1.29 is 9.90 Å². The molecule has 2 aliphatic heterocycles. The van der Waals surface area contributed by atoms with Gasteiger partial charge in [-0.25, -0.2) is 0 Å². The summed E-state index contributed by atoms with van der Waals surface area (Å²) in [7, 11) is 0. The highest BCUT2D eigenvalue weighted by Crippen LogP contribution is 2.48. The van der Waals surface area contributed by atoms with Gasteiger partial charge < -0.3 is 15.0 Å². The summed E-state index contributed by atoms with van der Waals surface area (Å²) in [6.07, 6.45) is 3.68. The van der Waals surface area contributed by atoms with Gasteiger partial charge in [-0.15, -0.1) is 0 Å². The molecule has 164 valence electrons. The topological polar surface area (TPSA) is 74.6 Å². The van der Waals surface area contributed by atoms with Crippen molar-refractivity contribution >= 4 is 12.0 Å². The fourth-order valence-corrected chi connectivity index (χ4v) is 5.41. The number of aliphatic hydroxyl groups excluding tert-OH is 1. The molecule has 0 aliphatic carbocycles. The molecule has 0 spiro atoms. The number of aliphatic hydroxyl groups is 1. The summed E-state index contributed by atoms with van der Waals surface area (Å²) in [4.78, 5) is 28.9. The van der Waals surface area contributed by atoms with Crippen molar-refractivity contribution in [2.45, 2.75) is 45.4 Å². The number of nitrogens with one attached hydrogen (secondary N) is 1. The maximum atomic E-state index is 13.5. The number of likely N-dealkylation sites (N-methyl/N-ethyl adjacent to an activating group) is 1. The lowest BCUT2D eigenvalue weighted by Gasteiger charge is -2.37. The van der Waals surface area contributed by atoms with E-state index in [4.69, 9.17) is 0 Å². The number of pyridine rings is 1. The van der Waals surface area contributed by atoms with Crippen molar-refractivity contribution in [2.24, 2.45) is 11.8 Å². The predicted octanol–water partition coefficient (Wildman–Crippen LogP) is 2.74. The average molecular weight is 422 g/mol. The van der Waals surface area contributed by atoms with E-state index in [1.807, 2.05) is 73.0 Å². The number of benzene rings is 1. The lowest BCUT2D eigenvalue weighted by molar-refractivity contribution is -0.128. The van der Waals surface area contributed by atoms with Crippen LogP contribution >= 0.6 is 0 Å². The highest BCUT2D eigenvalue weighted by molar-refractivity contribution is 5.81. The van der Waals surface area contributed by atoms with Crippen LogP contribution in [0.1, 0.15) is 49.7 Å². The first kappa shape index (κ1) is 21.5. The first-order valence-corrected chi connectivity index (χ1v) is 11.1. The van der Waals surface area contributed by atoms with Crippen LogP contribution in [-0.4, -0.2) is 39.7 Å². The summed E-state index contributed by atoms with van der Waals surface area (Å²) in [6, 6.07) is 13.3. The number of allylic oxidation sites excluding steroid dienone is 1. The number of rotatable bonds is 6. The number of hydrogen-bond donors (Lipinski definition) is 2. The molecule has 5 atom stereocenters. The molecule has 1 amide bonds. The predicted molar refractivity (Wildman–Crippen MR) is 121 cm³/mol. The highest BCUT2D eigenvalue weighted by Gasteiger charge is 2.55. The van der Waals surface area contributed by atoms with Crippen molar-refractivity contribution in [3.8, 4) is 0 Å². The number of amides is 1. The minimum atomic E-state index is -0.415. The number of carbonyl (C=O) groups is 1. The lowest BCUT2D eigenvalue weighted by atomic mass is 9.86. The fourth-order valence-electron chi connectivity index (χ4n) is 5.41. The van der Waals surface area contributed by atoms with E-state index in [-0.39, 0.29) is 42.1 Å². The van der Waals surface area contributed by atoms with Crippen LogP contribution in [-0.2, 0) is 11.3 Å². The molecular formula is C25H31N3O3. The van der Waals surface area contributed by atoms with Gasteiger partial charge in [0.2, 0.25) is 5.91 Å². The molecule has 2 N–H and O–H groups in total. The van der Waals surface area contributed by atoms with E-state index in [1.54, 1.807) is 0 Å². The van der Waals surface area contributed by atoms with Gasteiger partial charge in [0.25, 0.3) is 5.56 Å². The zero-order valence-electron chi connectivity index (χ0n) is 18.4. The minimum Gasteiger partial charge on any atom is -0.396 e. The standard InChI is InChI=1S/C25H31N3O3/c1-4-9-18-12-13-20-23-22(24(30)26-16(3)17-10-7-6-8-11-17)19(15-29)21(27(23)5-2)14-28(20)25(18)31/h4,6-13,16,19,21-23,29H,5,14-15H2,1-3H3,(H,26,30)/t16-,19+,21+,22-,23-/m0/s1. The monoisotopic (exact) mass is 421 g/mol. The normalized spacial score (nSPS) is 26.1. The number of aromatic nitrogens is 1. The third kappa shape index (κ3) is 3.64. The van der Waals surface area contributed by atoms with Crippen molar-refractivity contribution in [3.63, 3.8) is 0 Å². The van der Waals surface area contributed by atoms with Gasteiger partial charge in [-0.3, -0.25) is 14.5 Å². The van der Waals surface area contributed by atoms with Gasteiger partial charge in [0.15, 0.2) is 0 Å². The Kier molecular flexibility index (Phi) is 6.12. The van der Waals surface area contributed by atoms with Gasteiger partial charge >= 0.3 is 0 Å². The number of fused-ring (bicyclic) bond motifs is 4. The number of carbonyl (C=O) groups excluding carboxylic acids is 1. The van der Waals surface area contributed by atoms with Crippen LogP contribution in [0.4, 0.5) is 0 Å². The SMILES string of the molecule is CC=Cc1ccc2n(c1=O)C[C@@H]1[C@@H](CO)[C@H](C(=O)N[C@@H](C)c3ccccc3)[C@H]2N1CC. The van der Waals surface area contributed by atoms with E-state index >= 15 is 0 Å². The zero-order chi connectivity index (χ0) is 22.1. The summed E-state index contributed by atoms with van der Waals surface area (Å²) >= 11 is 0. The lowest BCUT2D eigenvalue weighted by Crippen LogP contribution is -2.46. The Morgan fingerprint density at radius 3 is 2.65 bits per heavy atom. The molecule has 2 aliphatic rings. The second-order valence-electron chi connectivity index (χ2n) is 8.49. The molecule has 2 aromatic rings. The molecule has 31 heavy (non-hydrogen) atoms. The largest absolute Gasteiger partial charge is 0.396 e. The van der Waals surface area contributed by atoms with Crippen LogP contribution in [0, 0.1) is 11.8 Å². The van der Waals surface area contributed by atoms with Crippen molar-refractivity contribution in [1.29, 1.82) is 0 Å². The quantitative estimate of drug-likeness (QED) is 0.752.